The van der Waals surface area contributed by atoms with Gasteiger partial charge in [-0.2, -0.15) is 0 Å². The minimum Gasteiger partial charge on any atom is -0.378 e. The summed E-state index contributed by atoms with van der Waals surface area (Å²) in [6.07, 6.45) is 1.59. The molecule has 0 saturated carbocycles. The second-order valence-electron chi connectivity index (χ2n) is 6.32. The van der Waals surface area contributed by atoms with Crippen molar-refractivity contribution in [3.63, 3.8) is 0 Å². The van der Waals surface area contributed by atoms with E-state index in [0.717, 1.165) is 5.56 Å². The van der Waals surface area contributed by atoms with Crippen molar-refractivity contribution in [1.82, 2.24) is 4.90 Å². The summed E-state index contributed by atoms with van der Waals surface area (Å²) in [6, 6.07) is 12.0. The maximum Gasteiger partial charge on any atom is 0.255 e. The Hall–Kier alpha value is -2.51. The van der Waals surface area contributed by atoms with Crippen LogP contribution in [0.2, 0.25) is 0 Å². The summed E-state index contributed by atoms with van der Waals surface area (Å²) in [5.41, 5.74) is 2.37. The van der Waals surface area contributed by atoms with Gasteiger partial charge in [0.25, 0.3) is 11.8 Å². The number of anilines is 1. The summed E-state index contributed by atoms with van der Waals surface area (Å²) in [4.78, 5) is 27.7. The van der Waals surface area contributed by atoms with Crippen LogP contribution in [-0.2, 0) is 15.5 Å². The average molecular weight is 386 g/mol. The Morgan fingerprint density at radius 3 is 2.37 bits per heavy atom. The molecule has 1 aliphatic rings. The molecule has 3 rings (SSSR count). The first-order chi connectivity index (χ1) is 13.0. The minimum absolute atomic E-state index is 0.0540. The highest BCUT2D eigenvalue weighted by Gasteiger charge is 2.21. The zero-order valence-electron chi connectivity index (χ0n) is 15.4. The Labute approximate surface area is 161 Å². The van der Waals surface area contributed by atoms with Gasteiger partial charge in [-0.15, -0.1) is 0 Å². The molecular formula is C20H22N2O4S. The van der Waals surface area contributed by atoms with Gasteiger partial charge < -0.3 is 15.0 Å². The number of nitrogens with one attached hydrogen (secondary N) is 1. The van der Waals surface area contributed by atoms with Crippen LogP contribution in [0.4, 0.5) is 5.69 Å². The van der Waals surface area contributed by atoms with Crippen molar-refractivity contribution < 1.29 is 18.5 Å². The van der Waals surface area contributed by atoms with Gasteiger partial charge in [-0.05, 0) is 48.9 Å². The monoisotopic (exact) mass is 386 g/mol. The van der Waals surface area contributed by atoms with Crippen LogP contribution in [0.15, 0.2) is 47.4 Å². The molecule has 2 aromatic rings. The summed E-state index contributed by atoms with van der Waals surface area (Å²) in [5, 5.41) is 2.86. The number of hydrogen-bond acceptors (Lipinski definition) is 4. The molecule has 0 radical (unpaired) electrons. The fourth-order valence-corrected chi connectivity index (χ4v) is 3.45. The smallest absolute Gasteiger partial charge is 0.255 e. The van der Waals surface area contributed by atoms with Crippen LogP contribution in [0.3, 0.4) is 0 Å². The van der Waals surface area contributed by atoms with Crippen molar-refractivity contribution in [2.45, 2.75) is 11.8 Å². The zero-order valence-corrected chi connectivity index (χ0v) is 16.2. The summed E-state index contributed by atoms with van der Waals surface area (Å²) < 4.78 is 16.8. The van der Waals surface area contributed by atoms with Crippen LogP contribution >= 0.6 is 0 Å². The number of carbonyl (C=O) groups is 2. The van der Waals surface area contributed by atoms with Crippen LogP contribution in [0.1, 0.15) is 26.3 Å². The van der Waals surface area contributed by atoms with Gasteiger partial charge in [0.15, 0.2) is 0 Å². The van der Waals surface area contributed by atoms with Gasteiger partial charge in [-0.1, -0.05) is 6.07 Å². The molecule has 0 bridgehead atoms. The lowest BCUT2D eigenvalue weighted by Crippen LogP contribution is -2.41. The summed E-state index contributed by atoms with van der Waals surface area (Å²) in [6.45, 7) is 4.05. The van der Waals surface area contributed by atoms with Gasteiger partial charge in [0.2, 0.25) is 0 Å². The van der Waals surface area contributed by atoms with Gasteiger partial charge in [-0.3, -0.25) is 13.8 Å². The molecule has 0 aromatic heterocycles. The van der Waals surface area contributed by atoms with Gasteiger partial charge in [-0.25, -0.2) is 0 Å². The number of benzene rings is 2. The quantitative estimate of drug-likeness (QED) is 0.876. The predicted octanol–water partition coefficient (Wildman–Crippen LogP) is 2.46. The molecule has 1 atom stereocenters. The van der Waals surface area contributed by atoms with E-state index in [9.17, 15) is 13.8 Å². The third kappa shape index (κ3) is 4.43. The normalized spacial score (nSPS) is 15.3. The van der Waals surface area contributed by atoms with Gasteiger partial charge >= 0.3 is 0 Å². The number of amides is 2. The number of hydrogen-bond donors (Lipinski definition) is 1. The third-order valence-corrected chi connectivity index (χ3v) is 5.50. The lowest BCUT2D eigenvalue weighted by molar-refractivity contribution is 0.0302. The number of ether oxygens (including phenoxy) is 1. The summed E-state index contributed by atoms with van der Waals surface area (Å²) in [5.74, 6) is -0.329. The van der Waals surface area contributed by atoms with Crippen molar-refractivity contribution in [2.75, 3.05) is 37.9 Å². The number of carbonyl (C=O) groups excluding carboxylic acids is 2. The molecule has 0 aliphatic carbocycles. The van der Waals surface area contributed by atoms with Crippen molar-refractivity contribution in [2.24, 2.45) is 0 Å². The van der Waals surface area contributed by atoms with Crippen molar-refractivity contribution in [3.8, 4) is 0 Å². The molecule has 142 valence electrons. The number of morpholine rings is 1. The maximum atomic E-state index is 12.8. The maximum absolute atomic E-state index is 12.8. The lowest BCUT2D eigenvalue weighted by atomic mass is 10.0. The molecule has 27 heavy (non-hydrogen) atoms. The number of rotatable bonds is 4. The first-order valence-corrected chi connectivity index (χ1v) is 10.2. The average Bonchev–Trinajstić information content (AvgIpc) is 2.69. The molecule has 1 heterocycles. The van der Waals surface area contributed by atoms with Crippen molar-refractivity contribution in [3.05, 3.63) is 59.2 Å². The zero-order chi connectivity index (χ0) is 19.4. The molecular weight excluding hydrogens is 364 g/mol. The van der Waals surface area contributed by atoms with Crippen LogP contribution in [-0.4, -0.2) is 53.5 Å². The molecule has 0 spiro atoms. The fraction of sp³-hybridized carbons (Fsp3) is 0.300. The van der Waals surface area contributed by atoms with E-state index in [-0.39, 0.29) is 11.8 Å². The standard InChI is InChI=1S/C20H22N2O4S/c1-14-17(20(24)22-10-12-26-13-11-22)4-3-5-18(14)21-19(23)15-6-8-16(9-7-15)27(2)25/h3-9H,10-13H2,1-2H3,(H,21,23). The first kappa shape index (κ1) is 19.3. The Morgan fingerprint density at radius 1 is 1.07 bits per heavy atom. The fourth-order valence-electron chi connectivity index (χ4n) is 2.93. The molecule has 1 unspecified atom stereocenters. The van der Waals surface area contributed by atoms with Gasteiger partial charge in [0, 0.05) is 51.9 Å². The summed E-state index contributed by atoms with van der Waals surface area (Å²) in [7, 11) is -1.09. The molecule has 1 aliphatic heterocycles. The highest BCUT2D eigenvalue weighted by atomic mass is 32.2. The Kier molecular flexibility index (Phi) is 6.03. The molecule has 1 N–H and O–H groups in total. The Morgan fingerprint density at radius 2 is 1.74 bits per heavy atom. The summed E-state index contributed by atoms with van der Waals surface area (Å²) >= 11 is 0. The molecule has 6 nitrogen and oxygen atoms in total. The molecule has 1 saturated heterocycles. The predicted molar refractivity (Wildman–Crippen MR) is 105 cm³/mol. The van der Waals surface area contributed by atoms with Crippen molar-refractivity contribution >= 4 is 28.3 Å². The second kappa shape index (κ2) is 8.45. The molecule has 1 fully saturated rings. The minimum atomic E-state index is -1.09. The van der Waals surface area contributed by atoms with E-state index < -0.39 is 10.8 Å². The lowest BCUT2D eigenvalue weighted by Gasteiger charge is -2.27. The number of nitrogens with zero attached hydrogens (tertiary/aromatic N) is 1. The molecule has 7 heteroatoms. The van der Waals surface area contributed by atoms with Gasteiger partial charge in [0.1, 0.15) is 0 Å². The Bertz CT molecular complexity index is 874. The SMILES string of the molecule is Cc1c(NC(=O)c2ccc(S(C)=O)cc2)cccc1C(=O)N1CCOCC1. The highest BCUT2D eigenvalue weighted by Crippen LogP contribution is 2.22. The van der Waals surface area contributed by atoms with E-state index in [1.54, 1.807) is 53.6 Å². The molecule has 2 aromatic carbocycles. The van der Waals surface area contributed by atoms with E-state index in [0.29, 0.717) is 48.0 Å². The second-order valence-corrected chi connectivity index (χ2v) is 7.69. The largest absolute Gasteiger partial charge is 0.378 e. The van der Waals surface area contributed by atoms with E-state index >= 15 is 0 Å². The Balaban J connectivity index is 1.77. The molecule has 2 amide bonds. The van der Waals surface area contributed by atoms with Crippen LogP contribution in [0, 0.1) is 6.92 Å². The van der Waals surface area contributed by atoms with E-state index in [4.69, 9.17) is 4.74 Å². The van der Waals surface area contributed by atoms with E-state index in [1.807, 2.05) is 6.92 Å². The highest BCUT2D eigenvalue weighted by molar-refractivity contribution is 7.84. The van der Waals surface area contributed by atoms with E-state index in [2.05, 4.69) is 5.32 Å². The van der Waals surface area contributed by atoms with Crippen molar-refractivity contribution in [1.29, 1.82) is 0 Å². The first-order valence-electron chi connectivity index (χ1n) is 8.69. The van der Waals surface area contributed by atoms with Crippen LogP contribution in [0.25, 0.3) is 0 Å². The topological polar surface area (TPSA) is 75.7 Å². The van der Waals surface area contributed by atoms with Crippen LogP contribution < -0.4 is 5.32 Å². The van der Waals surface area contributed by atoms with Crippen LogP contribution in [0.5, 0.6) is 0 Å². The third-order valence-electron chi connectivity index (χ3n) is 4.56. The van der Waals surface area contributed by atoms with Gasteiger partial charge in [0.05, 0.1) is 13.2 Å². The van der Waals surface area contributed by atoms with E-state index in [1.165, 1.54) is 0 Å².